The summed E-state index contributed by atoms with van der Waals surface area (Å²) in [5, 5.41) is 9.37. The normalized spacial score (nSPS) is 28.3. The van der Waals surface area contributed by atoms with Gasteiger partial charge in [-0.1, -0.05) is 0 Å². The van der Waals surface area contributed by atoms with Gasteiger partial charge in [-0.2, -0.15) is 0 Å². The Balaban J connectivity index is 1.79. The Morgan fingerprint density at radius 2 is 2.35 bits per heavy atom. The van der Waals surface area contributed by atoms with Crippen LogP contribution in [0, 0.1) is 0 Å². The Morgan fingerprint density at radius 3 is 3.12 bits per heavy atom. The topological polar surface area (TPSA) is 47.3 Å². The van der Waals surface area contributed by atoms with E-state index in [9.17, 15) is 5.11 Å². The summed E-state index contributed by atoms with van der Waals surface area (Å²) in [5.74, 6) is 1.43. The van der Waals surface area contributed by atoms with Gasteiger partial charge in [-0.3, -0.25) is 0 Å². The van der Waals surface area contributed by atoms with Crippen LogP contribution in [0.25, 0.3) is 0 Å². The molecule has 1 aromatic rings. The first kappa shape index (κ1) is 11.2. The number of aliphatic hydroxyl groups excluding tert-OH is 1. The van der Waals surface area contributed by atoms with E-state index in [2.05, 4.69) is 9.55 Å². The molecule has 17 heavy (non-hydrogen) atoms. The molecule has 0 spiro atoms. The molecule has 0 aromatic carbocycles. The molecule has 2 unspecified atom stereocenters. The molecule has 0 aliphatic carbocycles. The first-order valence-electron chi connectivity index (χ1n) is 6.65. The summed E-state index contributed by atoms with van der Waals surface area (Å²) in [6, 6.07) is 0. The van der Waals surface area contributed by atoms with Crippen molar-refractivity contribution in [3.05, 3.63) is 17.7 Å². The van der Waals surface area contributed by atoms with Crippen molar-refractivity contribution in [3.63, 3.8) is 0 Å². The second-order valence-electron chi connectivity index (χ2n) is 5.11. The van der Waals surface area contributed by atoms with Crippen molar-refractivity contribution in [1.82, 2.24) is 9.55 Å². The van der Waals surface area contributed by atoms with Gasteiger partial charge in [0.1, 0.15) is 5.82 Å². The Labute approximate surface area is 102 Å². The third-order valence-corrected chi connectivity index (χ3v) is 3.98. The van der Waals surface area contributed by atoms with E-state index in [4.69, 9.17) is 4.74 Å². The predicted molar refractivity (Wildman–Crippen MR) is 64.0 cm³/mol. The molecule has 3 rings (SSSR count). The summed E-state index contributed by atoms with van der Waals surface area (Å²) in [6.45, 7) is 2.19. The molecule has 0 bridgehead atoms. The van der Waals surface area contributed by atoms with E-state index in [0.717, 1.165) is 44.7 Å². The minimum absolute atomic E-state index is 0.241. The number of nitrogens with zero attached hydrogens (tertiary/aromatic N) is 2. The summed E-state index contributed by atoms with van der Waals surface area (Å²) in [5.41, 5.74) is 1.21. The van der Waals surface area contributed by atoms with Gasteiger partial charge in [0.2, 0.25) is 0 Å². The number of fused-ring (bicyclic) bond motifs is 1. The molecule has 1 N–H and O–H groups in total. The molecule has 4 nitrogen and oxygen atoms in total. The van der Waals surface area contributed by atoms with Crippen LogP contribution in [-0.4, -0.2) is 34.0 Å². The molecule has 0 saturated carbocycles. The van der Waals surface area contributed by atoms with Crippen molar-refractivity contribution in [2.24, 2.45) is 0 Å². The third-order valence-electron chi connectivity index (χ3n) is 3.98. The first-order chi connectivity index (χ1) is 8.38. The second-order valence-corrected chi connectivity index (χ2v) is 5.11. The summed E-state index contributed by atoms with van der Waals surface area (Å²) in [7, 11) is 0. The molecule has 2 aliphatic rings. The van der Waals surface area contributed by atoms with E-state index in [1.165, 1.54) is 12.1 Å². The minimum Gasteiger partial charge on any atom is -0.396 e. The van der Waals surface area contributed by atoms with Gasteiger partial charge >= 0.3 is 0 Å². The Morgan fingerprint density at radius 1 is 1.41 bits per heavy atom. The lowest BCUT2D eigenvalue weighted by Crippen LogP contribution is -2.21. The van der Waals surface area contributed by atoms with E-state index in [-0.39, 0.29) is 12.5 Å². The van der Waals surface area contributed by atoms with Crippen molar-refractivity contribution in [2.45, 2.75) is 50.7 Å². The molecule has 1 fully saturated rings. The fraction of sp³-hybridized carbons (Fsp3) is 0.769. The summed E-state index contributed by atoms with van der Waals surface area (Å²) < 4.78 is 7.97. The van der Waals surface area contributed by atoms with E-state index >= 15 is 0 Å². The number of aromatic nitrogens is 2. The van der Waals surface area contributed by atoms with Gasteiger partial charge in [0.25, 0.3) is 0 Å². The van der Waals surface area contributed by atoms with Gasteiger partial charge in [0.05, 0.1) is 12.7 Å². The molecular weight excluding hydrogens is 216 g/mol. The highest BCUT2D eigenvalue weighted by atomic mass is 16.5. The van der Waals surface area contributed by atoms with Crippen molar-refractivity contribution in [1.29, 1.82) is 0 Å². The zero-order valence-electron chi connectivity index (χ0n) is 10.1. The zero-order valence-corrected chi connectivity index (χ0v) is 10.1. The highest BCUT2D eigenvalue weighted by molar-refractivity contribution is 5.14. The van der Waals surface area contributed by atoms with Crippen molar-refractivity contribution >= 4 is 0 Å². The van der Waals surface area contributed by atoms with Gasteiger partial charge in [-0.25, -0.2) is 4.98 Å². The maximum atomic E-state index is 9.37. The highest BCUT2D eigenvalue weighted by Gasteiger charge is 2.25. The average Bonchev–Trinajstić information content (AvgIpc) is 2.99. The number of ether oxygens (including phenoxy) is 1. The predicted octanol–water partition coefficient (Wildman–Crippen LogP) is 1.47. The number of hydrogen-bond donors (Lipinski definition) is 1. The molecule has 1 saturated heterocycles. The van der Waals surface area contributed by atoms with Crippen LogP contribution in [0.15, 0.2) is 6.20 Å². The molecule has 2 atom stereocenters. The lowest BCUT2D eigenvalue weighted by molar-refractivity contribution is 0.108. The first-order valence-corrected chi connectivity index (χ1v) is 6.65. The van der Waals surface area contributed by atoms with Gasteiger partial charge in [-0.15, -0.1) is 0 Å². The van der Waals surface area contributed by atoms with E-state index in [1.807, 2.05) is 6.20 Å². The van der Waals surface area contributed by atoms with E-state index < -0.39 is 0 Å². The van der Waals surface area contributed by atoms with Crippen LogP contribution in [0.3, 0.4) is 0 Å². The largest absolute Gasteiger partial charge is 0.396 e. The summed E-state index contributed by atoms with van der Waals surface area (Å²) >= 11 is 0. The van der Waals surface area contributed by atoms with Crippen LogP contribution in [0.1, 0.15) is 43.1 Å². The number of aliphatic hydroxyl groups is 1. The molecular formula is C13H20N2O2. The van der Waals surface area contributed by atoms with Crippen LogP contribution in [0.5, 0.6) is 0 Å². The molecule has 2 aliphatic heterocycles. The fourth-order valence-corrected chi connectivity index (χ4v) is 3.01. The standard InChI is InChI=1S/C13H20N2O2/c16-9-10-3-1-5-15-12(10)8-14-13(15)7-11-4-2-6-17-11/h8,10-11,16H,1-7,9H2. The molecule has 94 valence electrons. The SMILES string of the molecule is OCC1CCCn2c1cnc2CC1CCCO1. The van der Waals surface area contributed by atoms with Gasteiger partial charge in [0, 0.05) is 37.4 Å². The lowest BCUT2D eigenvalue weighted by atomic mass is 9.97. The van der Waals surface area contributed by atoms with Crippen LogP contribution in [0.4, 0.5) is 0 Å². The number of imidazole rings is 1. The quantitative estimate of drug-likeness (QED) is 0.864. The van der Waals surface area contributed by atoms with Gasteiger partial charge < -0.3 is 14.4 Å². The summed E-state index contributed by atoms with van der Waals surface area (Å²) in [6.07, 6.45) is 7.80. The van der Waals surface area contributed by atoms with Crippen molar-refractivity contribution in [2.75, 3.05) is 13.2 Å². The van der Waals surface area contributed by atoms with Crippen LogP contribution in [0.2, 0.25) is 0 Å². The van der Waals surface area contributed by atoms with Crippen LogP contribution >= 0.6 is 0 Å². The van der Waals surface area contributed by atoms with Crippen LogP contribution in [-0.2, 0) is 17.7 Å². The second kappa shape index (κ2) is 4.78. The monoisotopic (exact) mass is 236 g/mol. The smallest absolute Gasteiger partial charge is 0.111 e. The van der Waals surface area contributed by atoms with Gasteiger partial charge in [0.15, 0.2) is 0 Å². The van der Waals surface area contributed by atoms with Gasteiger partial charge in [-0.05, 0) is 25.7 Å². The average molecular weight is 236 g/mol. The molecule has 0 radical (unpaired) electrons. The third kappa shape index (κ3) is 2.11. The Hall–Kier alpha value is -0.870. The maximum Gasteiger partial charge on any atom is 0.111 e. The minimum atomic E-state index is 0.241. The molecule has 1 aromatic heterocycles. The maximum absolute atomic E-state index is 9.37. The number of hydrogen-bond acceptors (Lipinski definition) is 3. The van der Waals surface area contributed by atoms with Crippen molar-refractivity contribution < 1.29 is 9.84 Å². The Bertz CT molecular complexity index is 383. The van der Waals surface area contributed by atoms with Crippen LogP contribution < -0.4 is 0 Å². The molecule has 4 heteroatoms. The van der Waals surface area contributed by atoms with Crippen molar-refractivity contribution in [3.8, 4) is 0 Å². The fourth-order valence-electron chi connectivity index (χ4n) is 3.01. The van der Waals surface area contributed by atoms with E-state index in [1.54, 1.807) is 0 Å². The molecule has 0 amide bonds. The lowest BCUT2D eigenvalue weighted by Gasteiger charge is -2.24. The number of rotatable bonds is 3. The Kier molecular flexibility index (Phi) is 3.16. The molecule has 3 heterocycles. The zero-order chi connectivity index (χ0) is 11.7. The summed E-state index contributed by atoms with van der Waals surface area (Å²) in [4.78, 5) is 4.53. The van der Waals surface area contributed by atoms with E-state index in [0.29, 0.717) is 6.10 Å². The highest BCUT2D eigenvalue weighted by Crippen LogP contribution is 2.28.